The van der Waals surface area contributed by atoms with Gasteiger partial charge >= 0.3 is 5.63 Å². The van der Waals surface area contributed by atoms with Gasteiger partial charge in [0.2, 0.25) is 5.71 Å². The highest BCUT2D eigenvalue weighted by atomic mass is 16.4. The summed E-state index contributed by atoms with van der Waals surface area (Å²) in [5.74, 6) is -0.0866. The van der Waals surface area contributed by atoms with Crippen molar-refractivity contribution in [3.05, 3.63) is 76.8 Å². The molecule has 1 N–H and O–H groups in total. The minimum atomic E-state index is -0.587. The number of aromatic hydroxyl groups is 1. The molecule has 0 aliphatic heterocycles. The average molecular weight is 332 g/mol. The van der Waals surface area contributed by atoms with Crippen LogP contribution in [-0.4, -0.2) is 14.9 Å². The van der Waals surface area contributed by atoms with Gasteiger partial charge in [-0.05, 0) is 24.1 Å². The summed E-state index contributed by atoms with van der Waals surface area (Å²) in [5.41, 5.74) is 1.89. The molecule has 0 radical (unpaired) electrons. The van der Waals surface area contributed by atoms with E-state index in [0.717, 1.165) is 5.69 Å². The number of nitrogens with zero attached hydrogens (tertiary/aromatic N) is 2. The summed E-state index contributed by atoms with van der Waals surface area (Å²) in [6.07, 6.45) is 0.603. The maximum Gasteiger partial charge on any atom is 0.349 e. The summed E-state index contributed by atoms with van der Waals surface area (Å²) in [7, 11) is 0. The lowest BCUT2D eigenvalue weighted by Gasteiger charge is -2.06. The molecule has 2 aromatic carbocycles. The van der Waals surface area contributed by atoms with E-state index in [1.807, 2.05) is 55.5 Å². The Kier molecular flexibility index (Phi) is 3.61. The molecular weight excluding hydrogens is 316 g/mol. The lowest BCUT2D eigenvalue weighted by molar-refractivity contribution is 0.468. The van der Waals surface area contributed by atoms with Crippen LogP contribution in [0.3, 0.4) is 0 Å². The van der Waals surface area contributed by atoms with E-state index in [-0.39, 0.29) is 17.0 Å². The van der Waals surface area contributed by atoms with Crippen molar-refractivity contribution >= 4 is 11.1 Å². The highest BCUT2D eigenvalue weighted by Crippen LogP contribution is 2.36. The van der Waals surface area contributed by atoms with Crippen molar-refractivity contribution in [2.45, 2.75) is 13.3 Å². The first-order valence-corrected chi connectivity index (χ1v) is 8.09. The third-order valence-electron chi connectivity index (χ3n) is 4.18. The molecule has 0 spiro atoms. The van der Waals surface area contributed by atoms with E-state index < -0.39 is 5.63 Å². The number of aryl methyl sites for hydroxylation is 1. The van der Waals surface area contributed by atoms with Gasteiger partial charge < -0.3 is 9.52 Å². The van der Waals surface area contributed by atoms with E-state index in [2.05, 4.69) is 5.10 Å². The molecule has 0 amide bonds. The van der Waals surface area contributed by atoms with Gasteiger partial charge in [0.25, 0.3) is 0 Å². The van der Waals surface area contributed by atoms with E-state index in [1.54, 1.807) is 16.8 Å². The van der Waals surface area contributed by atoms with E-state index in [4.69, 9.17) is 4.42 Å². The molecule has 2 heterocycles. The minimum Gasteiger partial charge on any atom is -0.506 e. The largest absolute Gasteiger partial charge is 0.506 e. The summed E-state index contributed by atoms with van der Waals surface area (Å²) >= 11 is 0. The summed E-state index contributed by atoms with van der Waals surface area (Å²) in [6, 6.07) is 18.4. The molecule has 0 fully saturated rings. The highest BCUT2D eigenvalue weighted by Gasteiger charge is 2.23. The zero-order chi connectivity index (χ0) is 17.4. The molecule has 5 nitrogen and oxygen atoms in total. The molecule has 124 valence electrons. The quantitative estimate of drug-likeness (QED) is 0.617. The maximum atomic E-state index is 12.6. The molecule has 2 aromatic heterocycles. The predicted molar refractivity (Wildman–Crippen MR) is 96.1 cm³/mol. The van der Waals surface area contributed by atoms with Gasteiger partial charge in [-0.3, -0.25) is 0 Å². The smallest absolute Gasteiger partial charge is 0.349 e. The number of fused-ring (bicyclic) bond motifs is 1. The predicted octanol–water partition coefficient (Wildman–Crippen LogP) is 3.91. The van der Waals surface area contributed by atoms with Crippen LogP contribution in [0.2, 0.25) is 0 Å². The number of para-hydroxylation sites is 1. The van der Waals surface area contributed by atoms with E-state index >= 15 is 0 Å². The second-order valence-corrected chi connectivity index (χ2v) is 5.71. The summed E-state index contributed by atoms with van der Waals surface area (Å²) in [5, 5.41) is 15.9. The molecule has 0 saturated heterocycles. The highest BCUT2D eigenvalue weighted by molar-refractivity contribution is 5.91. The molecule has 0 saturated carbocycles. The first-order valence-electron chi connectivity index (χ1n) is 8.09. The molecule has 0 unspecified atom stereocenters. The number of rotatable bonds is 3. The summed E-state index contributed by atoms with van der Waals surface area (Å²) < 4.78 is 7.14. The molecule has 0 atom stereocenters. The average Bonchev–Trinajstić information content (AvgIpc) is 3.02. The van der Waals surface area contributed by atoms with Crippen LogP contribution in [0.1, 0.15) is 12.6 Å². The van der Waals surface area contributed by atoms with Gasteiger partial charge in [0, 0.05) is 0 Å². The van der Waals surface area contributed by atoms with Crippen molar-refractivity contribution in [1.82, 2.24) is 9.78 Å². The standard InChI is InChI=1S/C20H16N2O3/c1-2-15-17-18(23)16(13-9-5-3-6-10-13)20(24)25-19(17)22(21-15)14-11-7-4-8-12-14/h3-12,23H,2H2,1H3. The topological polar surface area (TPSA) is 68.3 Å². The number of benzene rings is 2. The van der Waals surface area contributed by atoms with Crippen molar-refractivity contribution in [1.29, 1.82) is 0 Å². The van der Waals surface area contributed by atoms with Gasteiger partial charge in [-0.15, -0.1) is 0 Å². The Balaban J connectivity index is 2.07. The van der Waals surface area contributed by atoms with Gasteiger partial charge in [-0.2, -0.15) is 9.78 Å². The number of hydrogen-bond donors (Lipinski definition) is 1. The zero-order valence-corrected chi connectivity index (χ0v) is 13.6. The van der Waals surface area contributed by atoms with Crippen molar-refractivity contribution in [2.75, 3.05) is 0 Å². The number of hydrogen-bond acceptors (Lipinski definition) is 4. The SMILES string of the molecule is CCc1nn(-c2ccccc2)c2oc(=O)c(-c3ccccc3)c(O)c12. The van der Waals surface area contributed by atoms with Gasteiger partial charge in [-0.25, -0.2) is 4.79 Å². The Morgan fingerprint density at radius 1 is 1.04 bits per heavy atom. The second kappa shape index (κ2) is 5.94. The second-order valence-electron chi connectivity index (χ2n) is 5.71. The Bertz CT molecular complexity index is 1100. The lowest BCUT2D eigenvalue weighted by Crippen LogP contribution is -2.05. The summed E-state index contributed by atoms with van der Waals surface area (Å²) in [6.45, 7) is 1.95. The fraction of sp³-hybridized carbons (Fsp3) is 0.100. The van der Waals surface area contributed by atoms with E-state index in [9.17, 15) is 9.90 Å². The molecule has 4 aromatic rings. The Labute approximate surface area is 143 Å². The molecule has 5 heteroatoms. The van der Waals surface area contributed by atoms with Crippen molar-refractivity contribution in [3.8, 4) is 22.6 Å². The van der Waals surface area contributed by atoms with Crippen LogP contribution in [0.4, 0.5) is 0 Å². The molecule has 0 aliphatic carbocycles. The number of aromatic nitrogens is 2. The van der Waals surface area contributed by atoms with Crippen LogP contribution < -0.4 is 5.63 Å². The molecule has 0 bridgehead atoms. The van der Waals surface area contributed by atoms with E-state index in [0.29, 0.717) is 23.1 Å². The monoisotopic (exact) mass is 332 g/mol. The minimum absolute atomic E-state index is 0.0866. The zero-order valence-electron chi connectivity index (χ0n) is 13.6. The summed E-state index contributed by atoms with van der Waals surface area (Å²) in [4.78, 5) is 12.6. The van der Waals surface area contributed by atoms with Gasteiger partial charge in [-0.1, -0.05) is 55.5 Å². The van der Waals surface area contributed by atoms with Crippen LogP contribution in [0.5, 0.6) is 5.75 Å². The van der Waals surface area contributed by atoms with Crippen molar-refractivity contribution in [2.24, 2.45) is 0 Å². The lowest BCUT2D eigenvalue weighted by atomic mass is 10.0. The first-order chi connectivity index (χ1) is 12.2. The van der Waals surface area contributed by atoms with Crippen molar-refractivity contribution in [3.63, 3.8) is 0 Å². The molecule has 25 heavy (non-hydrogen) atoms. The van der Waals surface area contributed by atoms with Crippen LogP contribution in [0.25, 0.3) is 27.9 Å². The third-order valence-corrected chi connectivity index (χ3v) is 4.18. The fourth-order valence-electron chi connectivity index (χ4n) is 2.99. The Morgan fingerprint density at radius 2 is 1.68 bits per heavy atom. The Hall–Kier alpha value is -3.34. The van der Waals surface area contributed by atoms with Crippen LogP contribution in [0.15, 0.2) is 69.9 Å². The van der Waals surface area contributed by atoms with Crippen LogP contribution in [0, 0.1) is 0 Å². The fourth-order valence-corrected chi connectivity index (χ4v) is 2.99. The molecule has 4 rings (SSSR count). The maximum absolute atomic E-state index is 12.6. The van der Waals surface area contributed by atoms with Crippen LogP contribution >= 0.6 is 0 Å². The van der Waals surface area contributed by atoms with Gasteiger partial charge in [0.1, 0.15) is 16.7 Å². The van der Waals surface area contributed by atoms with Gasteiger partial charge in [0.05, 0.1) is 11.4 Å². The normalized spacial score (nSPS) is 11.1. The van der Waals surface area contributed by atoms with Crippen molar-refractivity contribution < 1.29 is 9.52 Å². The van der Waals surface area contributed by atoms with Crippen LogP contribution in [-0.2, 0) is 6.42 Å². The third kappa shape index (κ3) is 2.41. The molecular formula is C20H16N2O3. The van der Waals surface area contributed by atoms with Gasteiger partial charge in [0.15, 0.2) is 0 Å². The molecule has 0 aliphatic rings. The Morgan fingerprint density at radius 3 is 2.32 bits per heavy atom. The first kappa shape index (κ1) is 15.2. The van der Waals surface area contributed by atoms with E-state index in [1.165, 1.54) is 0 Å².